The van der Waals surface area contributed by atoms with E-state index in [-0.39, 0.29) is 36.0 Å². The second kappa shape index (κ2) is 10.3. The zero-order valence-electron chi connectivity index (χ0n) is 15.6. The number of rotatable bonds is 8. The van der Waals surface area contributed by atoms with Crippen LogP contribution in [-0.2, 0) is 20.4 Å². The molecule has 0 aliphatic heterocycles. The van der Waals surface area contributed by atoms with Gasteiger partial charge in [0.05, 0.1) is 17.9 Å². The number of hydrogen-bond acceptors (Lipinski definition) is 6. The number of esters is 1. The third-order valence-electron chi connectivity index (χ3n) is 3.64. The summed E-state index contributed by atoms with van der Waals surface area (Å²) in [5.74, 6) is -2.24. The summed E-state index contributed by atoms with van der Waals surface area (Å²) in [5, 5.41) is 11.9. The van der Waals surface area contributed by atoms with Crippen molar-refractivity contribution in [2.45, 2.75) is 6.18 Å². The van der Waals surface area contributed by atoms with Crippen LogP contribution < -0.4 is 10.1 Å². The molecule has 0 saturated heterocycles. The zero-order valence-corrected chi connectivity index (χ0v) is 17.2. The predicted molar refractivity (Wildman–Crippen MR) is 104 cm³/mol. The van der Waals surface area contributed by atoms with Crippen molar-refractivity contribution in [1.82, 2.24) is 0 Å². The van der Waals surface area contributed by atoms with Crippen LogP contribution in [0.25, 0.3) is 0 Å². The van der Waals surface area contributed by atoms with Gasteiger partial charge in [-0.05, 0) is 36.4 Å². The van der Waals surface area contributed by atoms with Crippen LogP contribution in [0.4, 0.5) is 18.9 Å². The average Bonchev–Trinajstić information content (AvgIpc) is 2.68. The summed E-state index contributed by atoms with van der Waals surface area (Å²) in [6.45, 7) is -0.567. The summed E-state index contributed by atoms with van der Waals surface area (Å²) in [6, 6.07) is 6.64. The van der Waals surface area contributed by atoms with E-state index in [1.54, 1.807) is 0 Å². The van der Waals surface area contributed by atoms with E-state index >= 15 is 0 Å². The van der Waals surface area contributed by atoms with Crippen molar-refractivity contribution in [1.29, 1.82) is 0 Å². The average molecular weight is 492 g/mol. The van der Waals surface area contributed by atoms with Gasteiger partial charge in [0.15, 0.2) is 6.61 Å². The predicted octanol–water partition coefficient (Wildman–Crippen LogP) is 3.99. The molecular weight excluding hydrogens is 475 g/mol. The Bertz CT molecular complexity index is 920. The molecule has 2 rings (SSSR count). The van der Waals surface area contributed by atoms with Gasteiger partial charge in [-0.1, -0.05) is 15.9 Å². The molecule has 0 unspecified atom stereocenters. The fraction of sp³-hybridized carbons (Fsp3) is 0.263. The lowest BCUT2D eigenvalue weighted by atomic mass is 10.1. The van der Waals surface area contributed by atoms with Crippen LogP contribution in [0.2, 0.25) is 0 Å². The number of hydrogen-bond donors (Lipinski definition) is 2. The smallest absolute Gasteiger partial charge is 0.416 e. The van der Waals surface area contributed by atoms with E-state index in [2.05, 4.69) is 21.2 Å². The summed E-state index contributed by atoms with van der Waals surface area (Å²) < 4.78 is 54.4. The van der Waals surface area contributed by atoms with Gasteiger partial charge in [0, 0.05) is 11.6 Å². The normalized spacial score (nSPS) is 11.1. The highest BCUT2D eigenvalue weighted by Crippen LogP contribution is 2.35. The van der Waals surface area contributed by atoms with Crippen LogP contribution >= 0.6 is 15.9 Å². The van der Waals surface area contributed by atoms with E-state index < -0.39 is 30.2 Å². The molecule has 30 heavy (non-hydrogen) atoms. The summed E-state index contributed by atoms with van der Waals surface area (Å²) in [7, 11) is 1.43. The summed E-state index contributed by atoms with van der Waals surface area (Å²) >= 11 is 3.13. The number of alkyl halides is 3. The fourth-order valence-corrected chi connectivity index (χ4v) is 2.59. The maximum Gasteiger partial charge on any atom is 0.416 e. The van der Waals surface area contributed by atoms with Crippen molar-refractivity contribution in [3.8, 4) is 11.5 Å². The standard InChI is InChI=1S/C19H17BrF3NO6/c1-28-6-7-29-16-5-2-11(19(21,22)23)8-14(16)24-17(26)10-30-18(27)13-9-12(20)3-4-15(13)25/h2-5,8-9,25H,6-7,10H2,1H3,(H,24,26). The van der Waals surface area contributed by atoms with E-state index in [1.165, 1.54) is 25.3 Å². The first kappa shape index (κ1) is 23.5. The van der Waals surface area contributed by atoms with Gasteiger partial charge in [-0.3, -0.25) is 4.79 Å². The molecule has 2 aromatic carbocycles. The lowest BCUT2D eigenvalue weighted by molar-refractivity contribution is -0.137. The molecule has 11 heteroatoms. The number of nitrogens with one attached hydrogen (secondary N) is 1. The minimum absolute atomic E-state index is 0.00985. The lowest BCUT2D eigenvalue weighted by Crippen LogP contribution is -2.22. The first-order chi connectivity index (χ1) is 14.1. The van der Waals surface area contributed by atoms with Gasteiger partial charge in [-0.25, -0.2) is 4.79 Å². The molecule has 0 atom stereocenters. The number of benzene rings is 2. The Morgan fingerprint density at radius 3 is 2.53 bits per heavy atom. The largest absolute Gasteiger partial charge is 0.507 e. The van der Waals surface area contributed by atoms with Crippen molar-refractivity contribution in [2.24, 2.45) is 0 Å². The van der Waals surface area contributed by atoms with Gasteiger partial charge < -0.3 is 24.6 Å². The number of amides is 1. The van der Waals surface area contributed by atoms with Crippen molar-refractivity contribution < 1.29 is 42.1 Å². The second-order valence-electron chi connectivity index (χ2n) is 5.84. The Balaban J connectivity index is 2.09. The number of aromatic hydroxyl groups is 1. The molecule has 0 aliphatic rings. The molecule has 0 saturated carbocycles. The molecule has 0 fully saturated rings. The highest BCUT2D eigenvalue weighted by molar-refractivity contribution is 9.10. The number of phenols is 1. The van der Waals surface area contributed by atoms with E-state index in [4.69, 9.17) is 14.2 Å². The van der Waals surface area contributed by atoms with Crippen LogP contribution in [0, 0.1) is 0 Å². The molecule has 0 radical (unpaired) electrons. The minimum Gasteiger partial charge on any atom is -0.507 e. The molecule has 7 nitrogen and oxygen atoms in total. The third kappa shape index (κ3) is 6.63. The molecular formula is C19H17BrF3NO6. The van der Waals surface area contributed by atoms with Crippen LogP contribution in [0.3, 0.4) is 0 Å². The first-order valence-electron chi connectivity index (χ1n) is 8.40. The lowest BCUT2D eigenvalue weighted by Gasteiger charge is -2.15. The summed E-state index contributed by atoms with van der Waals surface area (Å²) in [5.41, 5.74) is -1.42. The number of phenolic OH excluding ortho intramolecular Hbond substituents is 1. The molecule has 0 spiro atoms. The Kier molecular flexibility index (Phi) is 8.07. The number of ether oxygens (including phenoxy) is 3. The van der Waals surface area contributed by atoms with E-state index in [0.29, 0.717) is 10.5 Å². The topological polar surface area (TPSA) is 94.1 Å². The number of carbonyl (C=O) groups is 2. The molecule has 0 bridgehead atoms. The highest BCUT2D eigenvalue weighted by atomic mass is 79.9. The maximum absolute atomic E-state index is 13.0. The minimum atomic E-state index is -4.63. The zero-order chi connectivity index (χ0) is 22.3. The summed E-state index contributed by atoms with van der Waals surface area (Å²) in [4.78, 5) is 24.2. The van der Waals surface area contributed by atoms with Gasteiger partial charge in [0.2, 0.25) is 0 Å². The van der Waals surface area contributed by atoms with Crippen LogP contribution in [0.15, 0.2) is 40.9 Å². The van der Waals surface area contributed by atoms with Crippen molar-refractivity contribution >= 4 is 33.5 Å². The van der Waals surface area contributed by atoms with Gasteiger partial charge >= 0.3 is 12.1 Å². The summed E-state index contributed by atoms with van der Waals surface area (Å²) in [6.07, 6.45) is -4.63. The Hall–Kier alpha value is -2.79. The molecule has 0 heterocycles. The van der Waals surface area contributed by atoms with Crippen LogP contribution in [-0.4, -0.2) is 43.9 Å². The van der Waals surface area contributed by atoms with Crippen LogP contribution in [0.5, 0.6) is 11.5 Å². The number of halogens is 4. The molecule has 0 aromatic heterocycles. The van der Waals surface area contributed by atoms with Crippen molar-refractivity contribution in [2.75, 3.05) is 32.2 Å². The van der Waals surface area contributed by atoms with Gasteiger partial charge in [-0.2, -0.15) is 13.2 Å². The number of carbonyl (C=O) groups excluding carboxylic acids is 2. The quantitative estimate of drug-likeness (QED) is 0.428. The fourth-order valence-electron chi connectivity index (χ4n) is 2.23. The molecule has 0 aliphatic carbocycles. The van der Waals surface area contributed by atoms with Crippen LogP contribution in [0.1, 0.15) is 15.9 Å². The van der Waals surface area contributed by atoms with Gasteiger partial charge in [0.25, 0.3) is 5.91 Å². The SMILES string of the molecule is COCCOc1ccc(C(F)(F)F)cc1NC(=O)COC(=O)c1cc(Br)ccc1O. The Labute approximate surface area is 177 Å². The second-order valence-corrected chi connectivity index (χ2v) is 6.75. The Morgan fingerprint density at radius 1 is 1.13 bits per heavy atom. The van der Waals surface area contributed by atoms with E-state index in [1.807, 2.05) is 0 Å². The Morgan fingerprint density at radius 2 is 1.87 bits per heavy atom. The van der Waals surface area contributed by atoms with Gasteiger partial charge in [0.1, 0.15) is 23.7 Å². The van der Waals surface area contributed by atoms with E-state index in [0.717, 1.165) is 12.1 Å². The third-order valence-corrected chi connectivity index (χ3v) is 4.13. The molecule has 2 aromatic rings. The number of anilines is 1. The van der Waals surface area contributed by atoms with Crippen molar-refractivity contribution in [3.63, 3.8) is 0 Å². The molecule has 162 valence electrons. The van der Waals surface area contributed by atoms with E-state index in [9.17, 15) is 27.9 Å². The van der Waals surface area contributed by atoms with Crippen molar-refractivity contribution in [3.05, 3.63) is 52.0 Å². The number of methoxy groups -OCH3 is 1. The molecule has 2 N–H and O–H groups in total. The monoisotopic (exact) mass is 491 g/mol. The van der Waals surface area contributed by atoms with Gasteiger partial charge in [-0.15, -0.1) is 0 Å². The maximum atomic E-state index is 13.0. The first-order valence-corrected chi connectivity index (χ1v) is 9.19. The molecule has 1 amide bonds. The highest BCUT2D eigenvalue weighted by Gasteiger charge is 2.31.